The predicted molar refractivity (Wildman–Crippen MR) is 110 cm³/mol. The van der Waals surface area contributed by atoms with Crippen molar-refractivity contribution in [3.63, 3.8) is 0 Å². The lowest BCUT2D eigenvalue weighted by Crippen LogP contribution is -2.30. The highest BCUT2D eigenvalue weighted by Crippen LogP contribution is 2.12. The van der Waals surface area contributed by atoms with Gasteiger partial charge in [0.15, 0.2) is 12.4 Å². The van der Waals surface area contributed by atoms with E-state index in [4.69, 9.17) is 4.74 Å². The minimum absolute atomic E-state index is 0.148. The number of esters is 1. The van der Waals surface area contributed by atoms with Gasteiger partial charge in [-0.15, -0.1) is 0 Å². The minimum atomic E-state index is -0.669. The maximum Gasteiger partial charge on any atom is 0.338 e. The second-order valence-corrected chi connectivity index (χ2v) is 6.54. The third-order valence-corrected chi connectivity index (χ3v) is 4.43. The quantitative estimate of drug-likeness (QED) is 0.459. The highest BCUT2D eigenvalue weighted by Gasteiger charge is 2.13. The Bertz CT molecular complexity index is 1030. The van der Waals surface area contributed by atoms with Crippen LogP contribution in [-0.2, 0) is 16.0 Å². The van der Waals surface area contributed by atoms with Crippen LogP contribution in [0.25, 0.3) is 0 Å². The van der Waals surface area contributed by atoms with E-state index < -0.39 is 18.5 Å². The average Bonchev–Trinajstić information content (AvgIpc) is 2.79. The summed E-state index contributed by atoms with van der Waals surface area (Å²) in [5.74, 6) is -1.62. The molecule has 0 atom stereocenters. The Morgan fingerprint density at radius 2 is 1.37 bits per heavy atom. The Balaban J connectivity index is 1.46. The van der Waals surface area contributed by atoms with Crippen molar-refractivity contribution in [2.45, 2.75) is 6.42 Å². The van der Waals surface area contributed by atoms with Gasteiger partial charge in [0.25, 0.3) is 5.91 Å². The fourth-order valence-electron chi connectivity index (χ4n) is 2.82. The molecule has 5 nitrogen and oxygen atoms in total. The Morgan fingerprint density at radius 1 is 0.767 bits per heavy atom. The minimum Gasteiger partial charge on any atom is -0.452 e. The molecule has 0 spiro atoms. The molecule has 0 radical (unpaired) electrons. The Hall–Kier alpha value is -3.80. The SMILES string of the molecule is O=C(COC(=O)c1ccc(C(=O)c2ccccc2)cc1)NCCc1ccccc1F. The van der Waals surface area contributed by atoms with Crippen molar-refractivity contribution in [2.75, 3.05) is 13.2 Å². The molecule has 0 fully saturated rings. The van der Waals surface area contributed by atoms with Crippen LogP contribution in [0.2, 0.25) is 0 Å². The normalized spacial score (nSPS) is 10.3. The van der Waals surface area contributed by atoms with Crippen molar-refractivity contribution in [3.8, 4) is 0 Å². The monoisotopic (exact) mass is 405 g/mol. The molecule has 3 aromatic carbocycles. The Labute approximate surface area is 173 Å². The summed E-state index contributed by atoms with van der Waals surface area (Å²) >= 11 is 0. The zero-order chi connectivity index (χ0) is 21.3. The van der Waals surface area contributed by atoms with Crippen molar-refractivity contribution in [1.82, 2.24) is 5.32 Å². The zero-order valence-corrected chi connectivity index (χ0v) is 16.1. The number of halogens is 1. The first-order chi connectivity index (χ1) is 14.5. The van der Waals surface area contributed by atoms with E-state index in [1.807, 2.05) is 6.07 Å². The molecule has 0 bridgehead atoms. The lowest BCUT2D eigenvalue weighted by atomic mass is 10.0. The van der Waals surface area contributed by atoms with E-state index in [0.717, 1.165) is 0 Å². The summed E-state index contributed by atoms with van der Waals surface area (Å²) < 4.78 is 18.5. The van der Waals surface area contributed by atoms with Crippen LogP contribution in [0.15, 0.2) is 78.9 Å². The van der Waals surface area contributed by atoms with Gasteiger partial charge >= 0.3 is 5.97 Å². The Kier molecular flexibility index (Phi) is 7.05. The van der Waals surface area contributed by atoms with Crippen LogP contribution in [0.3, 0.4) is 0 Å². The molecule has 0 unspecified atom stereocenters. The van der Waals surface area contributed by atoms with E-state index in [1.54, 1.807) is 54.6 Å². The van der Waals surface area contributed by atoms with E-state index >= 15 is 0 Å². The first kappa shape index (κ1) is 20.9. The molecule has 0 heterocycles. The van der Waals surface area contributed by atoms with E-state index in [0.29, 0.717) is 23.1 Å². The fourth-order valence-corrected chi connectivity index (χ4v) is 2.82. The summed E-state index contributed by atoms with van der Waals surface area (Å²) in [4.78, 5) is 36.3. The third-order valence-electron chi connectivity index (χ3n) is 4.43. The molecule has 1 N–H and O–H groups in total. The van der Waals surface area contributed by atoms with Gasteiger partial charge in [0.05, 0.1) is 5.56 Å². The summed E-state index contributed by atoms with van der Waals surface area (Å²) in [5, 5.41) is 2.58. The molecule has 0 aromatic heterocycles. The smallest absolute Gasteiger partial charge is 0.338 e. The van der Waals surface area contributed by atoms with Gasteiger partial charge in [-0.05, 0) is 30.2 Å². The van der Waals surface area contributed by atoms with Crippen LogP contribution in [-0.4, -0.2) is 30.8 Å². The van der Waals surface area contributed by atoms with E-state index in [-0.39, 0.29) is 23.7 Å². The second kappa shape index (κ2) is 10.1. The van der Waals surface area contributed by atoms with Gasteiger partial charge < -0.3 is 10.1 Å². The average molecular weight is 405 g/mol. The highest BCUT2D eigenvalue weighted by atomic mass is 19.1. The van der Waals surface area contributed by atoms with Gasteiger partial charge in [-0.2, -0.15) is 0 Å². The molecular weight excluding hydrogens is 385 g/mol. The lowest BCUT2D eigenvalue weighted by Gasteiger charge is -2.08. The molecule has 0 saturated carbocycles. The Morgan fingerprint density at radius 3 is 2.07 bits per heavy atom. The summed E-state index contributed by atoms with van der Waals surface area (Å²) in [6.45, 7) is -0.214. The molecule has 1 amide bonds. The maximum absolute atomic E-state index is 13.5. The van der Waals surface area contributed by atoms with Crippen LogP contribution in [0.4, 0.5) is 4.39 Å². The van der Waals surface area contributed by atoms with Crippen molar-refractivity contribution in [2.24, 2.45) is 0 Å². The number of hydrogen-bond donors (Lipinski definition) is 1. The van der Waals surface area contributed by atoms with Gasteiger partial charge in [-0.3, -0.25) is 9.59 Å². The van der Waals surface area contributed by atoms with Crippen LogP contribution >= 0.6 is 0 Å². The van der Waals surface area contributed by atoms with Crippen molar-refractivity contribution < 1.29 is 23.5 Å². The second-order valence-electron chi connectivity index (χ2n) is 6.54. The summed E-state index contributed by atoms with van der Waals surface area (Å²) in [7, 11) is 0. The van der Waals surface area contributed by atoms with Gasteiger partial charge in [-0.25, -0.2) is 9.18 Å². The van der Waals surface area contributed by atoms with E-state index in [1.165, 1.54) is 18.2 Å². The molecule has 0 aliphatic heterocycles. The van der Waals surface area contributed by atoms with Gasteiger partial charge in [0, 0.05) is 17.7 Å². The largest absolute Gasteiger partial charge is 0.452 e. The molecule has 0 saturated heterocycles. The van der Waals surface area contributed by atoms with E-state index in [9.17, 15) is 18.8 Å². The summed E-state index contributed by atoms with van der Waals surface area (Å²) in [6.07, 6.45) is 0.337. The summed E-state index contributed by atoms with van der Waals surface area (Å²) in [6, 6.07) is 21.2. The number of amides is 1. The number of benzene rings is 3. The van der Waals surface area contributed by atoms with Gasteiger partial charge in [-0.1, -0.05) is 60.7 Å². The van der Waals surface area contributed by atoms with Gasteiger partial charge in [0.1, 0.15) is 5.82 Å². The highest BCUT2D eigenvalue weighted by molar-refractivity contribution is 6.09. The number of ether oxygens (including phenoxy) is 1. The zero-order valence-electron chi connectivity index (χ0n) is 16.1. The van der Waals surface area contributed by atoms with Crippen LogP contribution in [0, 0.1) is 5.82 Å². The molecule has 0 aliphatic carbocycles. The molecule has 152 valence electrons. The van der Waals surface area contributed by atoms with Crippen LogP contribution in [0.5, 0.6) is 0 Å². The molecule has 6 heteroatoms. The molecule has 3 rings (SSSR count). The number of ketones is 1. The van der Waals surface area contributed by atoms with Crippen molar-refractivity contribution in [3.05, 3.63) is 107 Å². The first-order valence-corrected chi connectivity index (χ1v) is 9.41. The van der Waals surface area contributed by atoms with Crippen LogP contribution in [0.1, 0.15) is 31.8 Å². The topological polar surface area (TPSA) is 72.5 Å². The molecular formula is C24H20FNO4. The number of carbonyl (C=O) groups excluding carboxylic acids is 3. The predicted octanol–water partition coefficient (Wildman–Crippen LogP) is 3.57. The lowest BCUT2D eigenvalue weighted by molar-refractivity contribution is -0.124. The van der Waals surface area contributed by atoms with Gasteiger partial charge in [0.2, 0.25) is 0 Å². The van der Waals surface area contributed by atoms with Crippen LogP contribution < -0.4 is 5.32 Å². The van der Waals surface area contributed by atoms with E-state index in [2.05, 4.69) is 5.32 Å². The maximum atomic E-state index is 13.5. The molecule has 3 aromatic rings. The van der Waals surface area contributed by atoms with Crippen molar-refractivity contribution >= 4 is 17.7 Å². The number of rotatable bonds is 8. The first-order valence-electron chi connectivity index (χ1n) is 9.41. The molecule has 30 heavy (non-hydrogen) atoms. The fraction of sp³-hybridized carbons (Fsp3) is 0.125. The molecule has 0 aliphatic rings. The number of nitrogens with one attached hydrogen (secondary N) is 1. The number of carbonyl (C=O) groups is 3. The number of hydrogen-bond acceptors (Lipinski definition) is 4. The van der Waals surface area contributed by atoms with Crippen molar-refractivity contribution in [1.29, 1.82) is 0 Å². The third kappa shape index (κ3) is 5.61. The summed E-state index contributed by atoms with van der Waals surface area (Å²) in [5.41, 5.74) is 1.74. The standard InChI is InChI=1S/C24H20FNO4/c25-21-9-5-4-6-17(21)14-15-26-22(27)16-30-24(29)20-12-10-19(11-13-20)23(28)18-7-2-1-3-8-18/h1-13H,14-16H2,(H,26,27).